The Labute approximate surface area is 94.6 Å². The first-order valence-corrected chi connectivity index (χ1v) is 5.59. The van der Waals surface area contributed by atoms with Crippen LogP contribution in [0.5, 0.6) is 0 Å². The van der Waals surface area contributed by atoms with Crippen LogP contribution in [0.25, 0.3) is 0 Å². The zero-order valence-electron chi connectivity index (χ0n) is 9.11. The van der Waals surface area contributed by atoms with Crippen LogP contribution in [0.3, 0.4) is 0 Å². The molecule has 1 amide bonds. The van der Waals surface area contributed by atoms with Crippen molar-refractivity contribution in [2.75, 3.05) is 0 Å². The van der Waals surface area contributed by atoms with E-state index in [4.69, 9.17) is 5.73 Å². The second-order valence-electron chi connectivity index (χ2n) is 4.26. The highest BCUT2D eigenvalue weighted by atomic mass is 16.1. The third kappa shape index (κ3) is 2.13. The van der Waals surface area contributed by atoms with Crippen LogP contribution >= 0.6 is 0 Å². The Bertz CT molecular complexity index is 416. The van der Waals surface area contributed by atoms with E-state index in [9.17, 15) is 9.59 Å². The van der Waals surface area contributed by atoms with Crippen molar-refractivity contribution in [1.29, 1.82) is 0 Å². The Hall–Kier alpha value is -1.64. The molecule has 0 aromatic heterocycles. The molecule has 2 N–H and O–H groups in total. The molecule has 1 aliphatic rings. The van der Waals surface area contributed by atoms with Crippen molar-refractivity contribution in [2.24, 2.45) is 5.73 Å². The normalized spacial score (nSPS) is 17.4. The molecule has 0 aliphatic heterocycles. The van der Waals surface area contributed by atoms with E-state index in [0.717, 1.165) is 18.4 Å². The van der Waals surface area contributed by atoms with Gasteiger partial charge in [0.05, 0.1) is 0 Å². The van der Waals surface area contributed by atoms with E-state index < -0.39 is 0 Å². The lowest BCUT2D eigenvalue weighted by Crippen LogP contribution is -2.18. The molecule has 1 aromatic rings. The van der Waals surface area contributed by atoms with Gasteiger partial charge in [0.1, 0.15) is 5.78 Å². The maximum atomic E-state index is 11.3. The van der Waals surface area contributed by atoms with Crippen molar-refractivity contribution in [1.82, 2.24) is 0 Å². The molecule has 0 saturated heterocycles. The lowest BCUT2D eigenvalue weighted by atomic mass is 9.81. The van der Waals surface area contributed by atoms with Crippen LogP contribution in [0.4, 0.5) is 0 Å². The van der Waals surface area contributed by atoms with E-state index >= 15 is 0 Å². The summed E-state index contributed by atoms with van der Waals surface area (Å²) in [6.45, 7) is 0. The van der Waals surface area contributed by atoms with Crippen LogP contribution in [-0.2, 0) is 4.79 Å². The Morgan fingerprint density at radius 1 is 1.19 bits per heavy atom. The van der Waals surface area contributed by atoms with Gasteiger partial charge in [0, 0.05) is 18.4 Å². The number of carbonyl (C=O) groups excluding carboxylic acids is 2. The summed E-state index contributed by atoms with van der Waals surface area (Å²) < 4.78 is 0. The quantitative estimate of drug-likeness (QED) is 0.823. The van der Waals surface area contributed by atoms with Gasteiger partial charge >= 0.3 is 0 Å². The third-order valence-electron chi connectivity index (χ3n) is 3.21. The lowest BCUT2D eigenvalue weighted by Gasteiger charge is -2.22. The van der Waals surface area contributed by atoms with E-state index in [2.05, 4.69) is 0 Å². The first-order valence-electron chi connectivity index (χ1n) is 5.59. The number of hydrogen-bond donors (Lipinski definition) is 1. The third-order valence-corrected chi connectivity index (χ3v) is 3.21. The van der Waals surface area contributed by atoms with Crippen molar-refractivity contribution in [3.8, 4) is 0 Å². The molecule has 84 valence electrons. The molecule has 1 fully saturated rings. The summed E-state index contributed by atoms with van der Waals surface area (Å²) in [4.78, 5) is 22.5. The minimum absolute atomic E-state index is 0.307. The molecule has 2 rings (SSSR count). The molecule has 1 aliphatic carbocycles. The molecule has 3 nitrogen and oxygen atoms in total. The first-order chi connectivity index (χ1) is 7.68. The largest absolute Gasteiger partial charge is 0.366 e. The van der Waals surface area contributed by atoms with E-state index in [1.807, 2.05) is 18.2 Å². The lowest BCUT2D eigenvalue weighted by molar-refractivity contribution is -0.120. The maximum Gasteiger partial charge on any atom is 0.248 e. The monoisotopic (exact) mass is 217 g/mol. The zero-order valence-corrected chi connectivity index (χ0v) is 9.11. The Morgan fingerprint density at radius 3 is 2.44 bits per heavy atom. The van der Waals surface area contributed by atoms with Crippen molar-refractivity contribution >= 4 is 11.7 Å². The van der Waals surface area contributed by atoms with Gasteiger partial charge in [-0.3, -0.25) is 9.59 Å². The molecule has 1 saturated carbocycles. The Kier molecular flexibility index (Phi) is 3.04. The fraction of sp³-hybridized carbons (Fsp3) is 0.385. The van der Waals surface area contributed by atoms with Gasteiger partial charge in [-0.25, -0.2) is 0 Å². The summed E-state index contributed by atoms with van der Waals surface area (Å²) in [5, 5.41) is 0. The summed E-state index contributed by atoms with van der Waals surface area (Å²) in [5.74, 6) is 0.252. The number of ketones is 1. The van der Waals surface area contributed by atoms with Crippen molar-refractivity contribution in [2.45, 2.75) is 31.6 Å². The van der Waals surface area contributed by atoms with Gasteiger partial charge in [0.15, 0.2) is 0 Å². The fourth-order valence-electron chi connectivity index (χ4n) is 2.33. The maximum absolute atomic E-state index is 11.3. The highest BCUT2D eigenvalue weighted by Gasteiger charge is 2.23. The van der Waals surface area contributed by atoms with Crippen LogP contribution in [-0.4, -0.2) is 11.7 Å². The number of rotatable bonds is 2. The topological polar surface area (TPSA) is 60.2 Å². The minimum Gasteiger partial charge on any atom is -0.366 e. The molecule has 0 radical (unpaired) electrons. The van der Waals surface area contributed by atoms with Crippen molar-refractivity contribution in [3.05, 3.63) is 35.4 Å². The van der Waals surface area contributed by atoms with Gasteiger partial charge in [-0.15, -0.1) is 0 Å². The highest BCUT2D eigenvalue weighted by molar-refractivity contribution is 5.94. The predicted molar refractivity (Wildman–Crippen MR) is 61.2 cm³/mol. The average Bonchev–Trinajstić information content (AvgIpc) is 2.30. The summed E-state index contributed by atoms with van der Waals surface area (Å²) >= 11 is 0. The van der Waals surface area contributed by atoms with Gasteiger partial charge in [-0.2, -0.15) is 0 Å². The van der Waals surface area contributed by atoms with Gasteiger partial charge in [-0.05, 0) is 30.4 Å². The van der Waals surface area contributed by atoms with Crippen LogP contribution in [0.15, 0.2) is 24.3 Å². The highest BCUT2D eigenvalue weighted by Crippen LogP contribution is 2.32. The van der Waals surface area contributed by atoms with Gasteiger partial charge in [0.2, 0.25) is 5.91 Å². The molecular formula is C13H15NO2. The molecule has 3 heteroatoms. The summed E-state index contributed by atoms with van der Waals surface area (Å²) in [7, 11) is 0. The van der Waals surface area contributed by atoms with Crippen LogP contribution in [0, 0.1) is 0 Å². The second-order valence-corrected chi connectivity index (χ2v) is 4.26. The SMILES string of the molecule is NC(=O)c1ccccc1C1CCC(=O)CC1. The number of Topliss-reactive ketones (excluding diaryl/α,β-unsaturated/α-hetero) is 1. The van der Waals surface area contributed by atoms with Crippen LogP contribution in [0.1, 0.15) is 47.5 Å². The van der Waals surface area contributed by atoms with Crippen LogP contribution in [0.2, 0.25) is 0 Å². The summed E-state index contributed by atoms with van der Waals surface area (Å²) in [5.41, 5.74) is 6.94. The number of nitrogens with two attached hydrogens (primary N) is 1. The van der Waals surface area contributed by atoms with Crippen molar-refractivity contribution in [3.63, 3.8) is 0 Å². The molecule has 0 atom stereocenters. The molecule has 0 unspecified atom stereocenters. The molecule has 0 heterocycles. The molecular weight excluding hydrogens is 202 g/mol. The number of primary amides is 1. The zero-order chi connectivity index (χ0) is 11.5. The summed E-state index contributed by atoms with van der Waals surface area (Å²) in [6, 6.07) is 7.43. The van der Waals surface area contributed by atoms with E-state index in [0.29, 0.717) is 30.1 Å². The smallest absolute Gasteiger partial charge is 0.248 e. The fourth-order valence-corrected chi connectivity index (χ4v) is 2.33. The van der Waals surface area contributed by atoms with Crippen molar-refractivity contribution < 1.29 is 9.59 Å². The Balaban J connectivity index is 2.26. The van der Waals surface area contributed by atoms with E-state index in [1.165, 1.54) is 0 Å². The predicted octanol–water partition coefficient (Wildman–Crippen LogP) is 2.01. The van der Waals surface area contributed by atoms with E-state index in [-0.39, 0.29) is 5.91 Å². The van der Waals surface area contributed by atoms with Gasteiger partial charge < -0.3 is 5.73 Å². The van der Waals surface area contributed by atoms with Gasteiger partial charge in [0.25, 0.3) is 0 Å². The number of carbonyl (C=O) groups is 2. The number of benzene rings is 1. The standard InChI is InChI=1S/C13H15NO2/c14-13(16)12-4-2-1-3-11(12)9-5-7-10(15)8-6-9/h1-4,9H,5-8H2,(H2,14,16). The minimum atomic E-state index is -0.382. The number of hydrogen-bond acceptors (Lipinski definition) is 2. The first kappa shape index (κ1) is 10.9. The second kappa shape index (κ2) is 4.47. The Morgan fingerprint density at radius 2 is 1.81 bits per heavy atom. The molecule has 0 bridgehead atoms. The molecule has 0 spiro atoms. The van der Waals surface area contributed by atoms with Crippen LogP contribution < -0.4 is 5.73 Å². The number of amides is 1. The van der Waals surface area contributed by atoms with E-state index in [1.54, 1.807) is 6.07 Å². The molecule has 1 aromatic carbocycles. The average molecular weight is 217 g/mol. The van der Waals surface area contributed by atoms with Gasteiger partial charge in [-0.1, -0.05) is 18.2 Å². The summed E-state index contributed by atoms with van der Waals surface area (Å²) in [6.07, 6.45) is 2.92. The molecule has 16 heavy (non-hydrogen) atoms.